The van der Waals surface area contributed by atoms with Crippen molar-refractivity contribution in [1.82, 2.24) is 20.0 Å². The predicted octanol–water partition coefficient (Wildman–Crippen LogP) is 1.78. The third kappa shape index (κ3) is 4.92. The maximum atomic E-state index is 12.6. The highest BCUT2D eigenvalue weighted by atomic mass is 32.1. The van der Waals surface area contributed by atoms with Gasteiger partial charge in [-0.05, 0) is 50.2 Å². The van der Waals surface area contributed by atoms with Gasteiger partial charge in [-0.2, -0.15) is 0 Å². The summed E-state index contributed by atoms with van der Waals surface area (Å²) in [6.07, 6.45) is 4.22. The summed E-state index contributed by atoms with van der Waals surface area (Å²) in [5.74, 6) is 1.10. The van der Waals surface area contributed by atoms with Gasteiger partial charge in [0.25, 0.3) is 5.91 Å². The molecule has 1 aromatic heterocycles. The Morgan fingerprint density at radius 1 is 1.21 bits per heavy atom. The number of hydrogen-bond acceptors (Lipinski definition) is 5. The lowest BCUT2D eigenvalue weighted by atomic mass is 10.2. The van der Waals surface area contributed by atoms with E-state index in [4.69, 9.17) is 4.74 Å². The molecule has 0 aliphatic carbocycles. The van der Waals surface area contributed by atoms with Crippen LogP contribution < -0.4 is 5.32 Å². The topological polar surface area (TPSA) is 60.4 Å². The molecule has 3 aliphatic rings. The molecule has 0 aromatic carbocycles. The molecular weight excluding hydrogens is 386 g/mol. The molecule has 1 N–H and O–H groups in total. The fourth-order valence-corrected chi connectivity index (χ4v) is 5.44. The Bertz CT molecular complexity index is 675. The van der Waals surface area contributed by atoms with Gasteiger partial charge in [0.1, 0.15) is 6.10 Å². The Morgan fingerprint density at radius 3 is 2.59 bits per heavy atom. The zero-order chi connectivity index (χ0) is 20.1. The van der Waals surface area contributed by atoms with Crippen molar-refractivity contribution in [3.8, 4) is 0 Å². The Kier molecular flexibility index (Phi) is 7.05. The van der Waals surface area contributed by atoms with Gasteiger partial charge in [0.15, 0.2) is 5.96 Å². The van der Waals surface area contributed by atoms with E-state index in [0.29, 0.717) is 6.04 Å². The summed E-state index contributed by atoms with van der Waals surface area (Å²) in [4.78, 5) is 25.3. The number of ether oxygens (including phenoxy) is 1. The van der Waals surface area contributed by atoms with Crippen LogP contribution >= 0.6 is 11.3 Å². The van der Waals surface area contributed by atoms with Gasteiger partial charge in [0.2, 0.25) is 0 Å². The van der Waals surface area contributed by atoms with Gasteiger partial charge in [0.05, 0.1) is 6.04 Å². The molecule has 29 heavy (non-hydrogen) atoms. The summed E-state index contributed by atoms with van der Waals surface area (Å²) in [6, 6.07) is 4.78. The highest BCUT2D eigenvalue weighted by Gasteiger charge is 2.31. The molecule has 7 nitrogen and oxygen atoms in total. The van der Waals surface area contributed by atoms with Crippen molar-refractivity contribution in [3.05, 3.63) is 22.4 Å². The van der Waals surface area contributed by atoms with Crippen LogP contribution in [0.2, 0.25) is 0 Å². The maximum Gasteiger partial charge on any atom is 0.251 e. The number of nitrogens with zero attached hydrogens (tertiary/aromatic N) is 4. The highest BCUT2D eigenvalue weighted by Crippen LogP contribution is 2.28. The summed E-state index contributed by atoms with van der Waals surface area (Å²) in [5.41, 5.74) is 0. The first-order chi connectivity index (χ1) is 14.3. The van der Waals surface area contributed by atoms with Crippen LogP contribution in [0.4, 0.5) is 0 Å². The monoisotopic (exact) mass is 419 g/mol. The third-order valence-corrected chi connectivity index (χ3v) is 7.19. The number of hydrogen-bond donors (Lipinski definition) is 1. The molecule has 0 radical (unpaired) electrons. The van der Waals surface area contributed by atoms with Crippen LogP contribution in [0.25, 0.3) is 0 Å². The minimum Gasteiger partial charge on any atom is -0.368 e. The van der Waals surface area contributed by atoms with Gasteiger partial charge in [-0.25, -0.2) is 0 Å². The molecule has 8 heteroatoms. The Morgan fingerprint density at radius 2 is 1.97 bits per heavy atom. The molecular formula is C21H33N5O2S. The van der Waals surface area contributed by atoms with E-state index < -0.39 is 0 Å². The largest absolute Gasteiger partial charge is 0.368 e. The second-order valence-corrected chi connectivity index (χ2v) is 9.00. The van der Waals surface area contributed by atoms with E-state index in [-0.39, 0.29) is 12.0 Å². The van der Waals surface area contributed by atoms with Crippen LogP contribution in [-0.2, 0) is 9.53 Å². The number of thiophene rings is 1. The number of likely N-dealkylation sites (tertiary alicyclic amines) is 1. The lowest BCUT2D eigenvalue weighted by molar-refractivity contribution is -0.142. The van der Waals surface area contributed by atoms with E-state index in [9.17, 15) is 4.79 Å². The summed E-state index contributed by atoms with van der Waals surface area (Å²) in [6.45, 7) is 7.02. The van der Waals surface area contributed by atoms with Gasteiger partial charge < -0.3 is 19.9 Å². The van der Waals surface area contributed by atoms with Crippen LogP contribution in [-0.4, -0.2) is 92.1 Å². The zero-order valence-electron chi connectivity index (χ0n) is 17.4. The number of carbonyl (C=O) groups excluding carboxylic acids is 1. The van der Waals surface area contributed by atoms with Gasteiger partial charge in [-0.1, -0.05) is 6.07 Å². The minimum atomic E-state index is -0.217. The average molecular weight is 420 g/mol. The van der Waals surface area contributed by atoms with E-state index in [0.717, 1.165) is 58.1 Å². The van der Waals surface area contributed by atoms with Gasteiger partial charge in [-0.3, -0.25) is 14.7 Å². The maximum absolute atomic E-state index is 12.6. The van der Waals surface area contributed by atoms with E-state index in [1.54, 1.807) is 0 Å². The molecule has 3 aliphatic heterocycles. The Balaban J connectivity index is 1.30. The lowest BCUT2D eigenvalue weighted by Gasteiger charge is -2.38. The second kappa shape index (κ2) is 9.91. The van der Waals surface area contributed by atoms with Crippen molar-refractivity contribution >= 4 is 23.2 Å². The second-order valence-electron chi connectivity index (χ2n) is 8.02. The van der Waals surface area contributed by atoms with Crippen LogP contribution in [0.1, 0.15) is 36.6 Å². The molecule has 3 saturated heterocycles. The summed E-state index contributed by atoms with van der Waals surface area (Å²) in [7, 11) is 1.85. The van der Waals surface area contributed by atoms with E-state index >= 15 is 0 Å². The average Bonchev–Trinajstić information content (AvgIpc) is 3.54. The summed E-state index contributed by atoms with van der Waals surface area (Å²) < 4.78 is 5.57. The normalized spacial score (nSPS) is 24.9. The van der Waals surface area contributed by atoms with Gasteiger partial charge in [0, 0.05) is 51.3 Å². The van der Waals surface area contributed by atoms with E-state index in [1.165, 1.54) is 30.8 Å². The number of aliphatic imine (C=N–C) groups is 1. The van der Waals surface area contributed by atoms with Crippen LogP contribution in [0.5, 0.6) is 0 Å². The first-order valence-electron chi connectivity index (χ1n) is 10.9. The quantitative estimate of drug-likeness (QED) is 0.582. The predicted molar refractivity (Wildman–Crippen MR) is 116 cm³/mol. The third-order valence-electron chi connectivity index (χ3n) is 6.21. The van der Waals surface area contributed by atoms with Crippen LogP contribution in [0, 0.1) is 0 Å². The van der Waals surface area contributed by atoms with Crippen molar-refractivity contribution in [2.24, 2.45) is 4.99 Å². The number of piperazine rings is 1. The molecule has 1 amide bonds. The standard InChI is InChI=1S/C21H33N5O2S/c1-22-21(23-16-17(19-7-5-15-29-19)24-8-2-3-9-24)26-12-10-25(11-13-26)20(27)18-6-4-14-28-18/h5,7,15,17-18H,2-4,6,8-14,16H2,1H3,(H,22,23). The smallest absolute Gasteiger partial charge is 0.251 e. The number of carbonyl (C=O) groups is 1. The minimum absolute atomic E-state index is 0.164. The van der Waals surface area contributed by atoms with E-state index in [1.807, 2.05) is 23.3 Å². The van der Waals surface area contributed by atoms with Crippen molar-refractivity contribution in [2.75, 3.05) is 59.5 Å². The molecule has 4 rings (SSSR count). The van der Waals surface area contributed by atoms with Crippen molar-refractivity contribution in [3.63, 3.8) is 0 Å². The fraction of sp³-hybridized carbons (Fsp3) is 0.714. The number of nitrogens with one attached hydrogen (secondary N) is 1. The molecule has 2 atom stereocenters. The van der Waals surface area contributed by atoms with Crippen molar-refractivity contribution in [1.29, 1.82) is 0 Å². The van der Waals surface area contributed by atoms with Gasteiger partial charge in [-0.15, -0.1) is 11.3 Å². The molecule has 2 unspecified atom stereocenters. The number of amides is 1. The molecule has 4 heterocycles. The molecule has 1 aromatic rings. The van der Waals surface area contributed by atoms with Crippen molar-refractivity contribution in [2.45, 2.75) is 37.8 Å². The lowest BCUT2D eigenvalue weighted by Crippen LogP contribution is -2.55. The Labute approximate surface area is 177 Å². The number of guanidine groups is 1. The summed E-state index contributed by atoms with van der Waals surface area (Å²) in [5, 5.41) is 5.78. The Hall–Kier alpha value is -1.64. The molecule has 160 valence electrons. The fourth-order valence-electron chi connectivity index (χ4n) is 4.58. The van der Waals surface area contributed by atoms with E-state index in [2.05, 4.69) is 37.6 Å². The number of rotatable bonds is 5. The molecule has 0 saturated carbocycles. The van der Waals surface area contributed by atoms with Crippen LogP contribution in [0.15, 0.2) is 22.5 Å². The first kappa shape index (κ1) is 20.6. The van der Waals surface area contributed by atoms with Crippen molar-refractivity contribution < 1.29 is 9.53 Å². The van der Waals surface area contributed by atoms with Crippen LogP contribution in [0.3, 0.4) is 0 Å². The molecule has 0 spiro atoms. The highest BCUT2D eigenvalue weighted by molar-refractivity contribution is 7.10. The summed E-state index contributed by atoms with van der Waals surface area (Å²) >= 11 is 1.84. The first-order valence-corrected chi connectivity index (χ1v) is 11.8. The van der Waals surface area contributed by atoms with Gasteiger partial charge >= 0.3 is 0 Å². The SMILES string of the molecule is CN=C(NCC(c1cccs1)N1CCCC1)N1CCN(C(=O)C2CCCO2)CC1. The zero-order valence-corrected chi connectivity index (χ0v) is 18.2. The molecule has 3 fully saturated rings. The molecule has 0 bridgehead atoms.